The van der Waals surface area contributed by atoms with Crippen molar-refractivity contribution < 1.29 is 4.42 Å². The fourth-order valence-electron chi connectivity index (χ4n) is 0.904. The Hall–Kier alpha value is -0.610. The van der Waals surface area contributed by atoms with Gasteiger partial charge in [0.2, 0.25) is 0 Å². The molecule has 0 N–H and O–H groups in total. The summed E-state index contributed by atoms with van der Waals surface area (Å²) in [6.45, 7) is 0. The molecule has 0 saturated heterocycles. The van der Waals surface area contributed by atoms with Gasteiger partial charge >= 0.3 is 0 Å². The van der Waals surface area contributed by atoms with Gasteiger partial charge in [0.05, 0.1) is 4.90 Å². The summed E-state index contributed by atoms with van der Waals surface area (Å²) in [4.78, 5) is 5.51. The number of hydrogen-bond donors (Lipinski definition) is 2. The van der Waals surface area contributed by atoms with Gasteiger partial charge in [-0.2, -0.15) is 0 Å². The summed E-state index contributed by atoms with van der Waals surface area (Å²) in [5, 5.41) is 0. The van der Waals surface area contributed by atoms with Crippen LogP contribution in [0.2, 0.25) is 0 Å². The fraction of sp³-hybridized carbons (Fsp3) is 0. The molecule has 0 aliphatic heterocycles. The number of aromatic nitrogens is 1. The molecule has 2 aromatic rings. The first-order valence-corrected chi connectivity index (χ1v) is 3.92. The Balaban J connectivity index is 2.93. The standard InChI is InChI=1S/C7H5NOS2/c10-5-2-1-4-6(7(5)11)9-3-8-4/h1-3,10-11H. The van der Waals surface area contributed by atoms with E-state index in [0.29, 0.717) is 5.58 Å². The Bertz CT molecular complexity index is 396. The lowest BCUT2D eigenvalue weighted by Crippen LogP contribution is -1.72. The third-order valence-corrected chi connectivity index (χ3v) is 2.44. The molecule has 56 valence electrons. The van der Waals surface area contributed by atoms with E-state index >= 15 is 0 Å². The highest BCUT2D eigenvalue weighted by Gasteiger charge is 2.04. The minimum absolute atomic E-state index is 0.695. The average molecular weight is 183 g/mol. The van der Waals surface area contributed by atoms with E-state index in [4.69, 9.17) is 4.42 Å². The third kappa shape index (κ3) is 1.02. The molecule has 0 radical (unpaired) electrons. The number of rotatable bonds is 0. The fourth-order valence-corrected chi connectivity index (χ4v) is 1.32. The molecule has 0 aliphatic rings. The van der Waals surface area contributed by atoms with Crippen LogP contribution in [0.3, 0.4) is 0 Å². The van der Waals surface area contributed by atoms with E-state index in [0.717, 1.165) is 15.3 Å². The lowest BCUT2D eigenvalue weighted by atomic mass is 10.3. The van der Waals surface area contributed by atoms with Gasteiger partial charge in [-0.3, -0.25) is 0 Å². The van der Waals surface area contributed by atoms with Crippen LogP contribution in [0.4, 0.5) is 0 Å². The van der Waals surface area contributed by atoms with E-state index in [2.05, 4.69) is 30.2 Å². The van der Waals surface area contributed by atoms with Gasteiger partial charge in [-0.15, -0.1) is 25.3 Å². The summed E-state index contributed by atoms with van der Waals surface area (Å²) in [7, 11) is 0. The van der Waals surface area contributed by atoms with Crippen molar-refractivity contribution in [2.75, 3.05) is 0 Å². The molecule has 0 spiro atoms. The molecule has 2 rings (SSSR count). The summed E-state index contributed by atoms with van der Waals surface area (Å²) < 4.78 is 5.09. The maximum Gasteiger partial charge on any atom is 0.182 e. The number of benzene rings is 1. The lowest BCUT2D eigenvalue weighted by Gasteiger charge is -1.95. The van der Waals surface area contributed by atoms with Gasteiger partial charge in [0, 0.05) is 4.90 Å². The highest BCUT2D eigenvalue weighted by Crippen LogP contribution is 2.26. The highest BCUT2D eigenvalue weighted by atomic mass is 32.1. The van der Waals surface area contributed by atoms with Crippen LogP contribution >= 0.6 is 25.3 Å². The number of thiol groups is 2. The van der Waals surface area contributed by atoms with Crippen LogP contribution in [-0.2, 0) is 0 Å². The first-order chi connectivity index (χ1) is 5.29. The minimum atomic E-state index is 0.695. The number of fused-ring (bicyclic) bond motifs is 1. The molecule has 1 aromatic heterocycles. The van der Waals surface area contributed by atoms with Crippen molar-refractivity contribution in [2.45, 2.75) is 9.79 Å². The first-order valence-electron chi connectivity index (χ1n) is 3.03. The third-order valence-electron chi connectivity index (χ3n) is 1.45. The second-order valence-electron chi connectivity index (χ2n) is 2.13. The molecule has 11 heavy (non-hydrogen) atoms. The second kappa shape index (κ2) is 2.46. The zero-order chi connectivity index (χ0) is 7.84. The normalized spacial score (nSPS) is 10.7. The molecule has 4 heteroatoms. The molecule has 0 fully saturated rings. The van der Waals surface area contributed by atoms with Gasteiger partial charge in [0.1, 0.15) is 5.52 Å². The van der Waals surface area contributed by atoms with E-state index in [1.54, 1.807) is 0 Å². The largest absolute Gasteiger partial charge is 0.442 e. The zero-order valence-electron chi connectivity index (χ0n) is 5.48. The van der Waals surface area contributed by atoms with Gasteiger partial charge in [-0.1, -0.05) is 0 Å². The molecule has 2 nitrogen and oxygen atoms in total. The number of oxazole rings is 1. The molecule has 1 aromatic carbocycles. The van der Waals surface area contributed by atoms with Crippen LogP contribution < -0.4 is 0 Å². The molecule has 1 heterocycles. The summed E-state index contributed by atoms with van der Waals surface area (Å²) in [6.07, 6.45) is 1.40. The molecule has 0 unspecified atom stereocenters. The van der Waals surface area contributed by atoms with Crippen molar-refractivity contribution in [3.05, 3.63) is 18.5 Å². The zero-order valence-corrected chi connectivity index (χ0v) is 7.27. The summed E-state index contributed by atoms with van der Waals surface area (Å²) in [6, 6.07) is 3.69. The number of nitrogens with zero attached hydrogens (tertiary/aromatic N) is 1. The molecule has 0 aliphatic carbocycles. The Morgan fingerprint density at radius 1 is 1.27 bits per heavy atom. The van der Waals surface area contributed by atoms with Crippen molar-refractivity contribution >= 4 is 36.4 Å². The van der Waals surface area contributed by atoms with Crippen molar-refractivity contribution in [3.8, 4) is 0 Å². The van der Waals surface area contributed by atoms with Gasteiger partial charge in [0.15, 0.2) is 12.0 Å². The van der Waals surface area contributed by atoms with Gasteiger partial charge < -0.3 is 4.42 Å². The molecule has 0 bridgehead atoms. The minimum Gasteiger partial charge on any atom is -0.442 e. The van der Waals surface area contributed by atoms with E-state index in [-0.39, 0.29) is 0 Å². The Kier molecular flexibility index (Phi) is 1.58. The van der Waals surface area contributed by atoms with Crippen LogP contribution in [0, 0.1) is 0 Å². The molecular weight excluding hydrogens is 178 g/mol. The maximum atomic E-state index is 5.09. The van der Waals surface area contributed by atoms with E-state index < -0.39 is 0 Å². The van der Waals surface area contributed by atoms with E-state index in [9.17, 15) is 0 Å². The van der Waals surface area contributed by atoms with Crippen LogP contribution in [-0.4, -0.2) is 4.98 Å². The van der Waals surface area contributed by atoms with Gasteiger partial charge in [0.25, 0.3) is 0 Å². The monoisotopic (exact) mass is 183 g/mol. The topological polar surface area (TPSA) is 26.0 Å². The van der Waals surface area contributed by atoms with Crippen LogP contribution in [0.1, 0.15) is 0 Å². The molecular formula is C7H5NOS2. The van der Waals surface area contributed by atoms with Crippen molar-refractivity contribution in [1.82, 2.24) is 4.98 Å². The Morgan fingerprint density at radius 3 is 2.91 bits per heavy atom. The maximum absolute atomic E-state index is 5.09. The Morgan fingerprint density at radius 2 is 2.09 bits per heavy atom. The lowest BCUT2D eigenvalue weighted by molar-refractivity contribution is 0.594. The summed E-state index contributed by atoms with van der Waals surface area (Å²) >= 11 is 8.40. The summed E-state index contributed by atoms with van der Waals surface area (Å²) in [5.74, 6) is 0. The number of hydrogen-bond acceptors (Lipinski definition) is 4. The van der Waals surface area contributed by atoms with Gasteiger partial charge in [-0.25, -0.2) is 4.98 Å². The predicted molar refractivity (Wildman–Crippen MR) is 48.5 cm³/mol. The SMILES string of the molecule is Sc1ccc2ncoc2c1S. The first kappa shape index (κ1) is 7.06. The average Bonchev–Trinajstić information content (AvgIpc) is 2.45. The Labute approximate surface area is 74.4 Å². The predicted octanol–water partition coefficient (Wildman–Crippen LogP) is 2.41. The van der Waals surface area contributed by atoms with Crippen LogP contribution in [0.5, 0.6) is 0 Å². The van der Waals surface area contributed by atoms with Crippen LogP contribution in [0.15, 0.2) is 32.7 Å². The van der Waals surface area contributed by atoms with Crippen molar-refractivity contribution in [2.24, 2.45) is 0 Å². The second-order valence-corrected chi connectivity index (χ2v) is 3.06. The van der Waals surface area contributed by atoms with Gasteiger partial charge in [-0.05, 0) is 12.1 Å². The van der Waals surface area contributed by atoms with E-state index in [1.165, 1.54) is 6.39 Å². The van der Waals surface area contributed by atoms with Crippen molar-refractivity contribution in [1.29, 1.82) is 0 Å². The molecule has 0 atom stereocenters. The smallest absolute Gasteiger partial charge is 0.182 e. The summed E-state index contributed by atoms with van der Waals surface area (Å²) in [5.41, 5.74) is 1.51. The van der Waals surface area contributed by atoms with Crippen LogP contribution in [0.25, 0.3) is 11.1 Å². The molecule has 0 amide bonds. The molecule has 0 saturated carbocycles. The van der Waals surface area contributed by atoms with Crippen molar-refractivity contribution in [3.63, 3.8) is 0 Å². The quantitative estimate of drug-likeness (QED) is 0.613. The highest BCUT2D eigenvalue weighted by molar-refractivity contribution is 7.83. The van der Waals surface area contributed by atoms with E-state index in [1.807, 2.05) is 12.1 Å².